The fraction of sp³-hybridized carbons (Fsp3) is 0.294. The molecule has 2 N–H and O–H groups in total. The maximum absolute atomic E-state index is 12.0. The van der Waals surface area contributed by atoms with Crippen molar-refractivity contribution in [3.05, 3.63) is 58.0 Å². The molecule has 0 aliphatic heterocycles. The van der Waals surface area contributed by atoms with Crippen LogP contribution in [0.15, 0.2) is 47.9 Å². The first-order valence-electron chi connectivity index (χ1n) is 7.37. The van der Waals surface area contributed by atoms with E-state index in [9.17, 15) is 24.8 Å². The smallest absolute Gasteiger partial charge is 0.271 e. The van der Waals surface area contributed by atoms with Crippen molar-refractivity contribution in [1.29, 1.82) is 0 Å². The molecule has 2 rings (SSSR count). The number of nitrogens with one attached hydrogen (secondary N) is 1. The van der Waals surface area contributed by atoms with Crippen LogP contribution in [0.5, 0.6) is 0 Å². The van der Waals surface area contributed by atoms with E-state index in [-0.39, 0.29) is 35.7 Å². The van der Waals surface area contributed by atoms with Crippen LogP contribution >= 0.6 is 0 Å². The van der Waals surface area contributed by atoms with Crippen molar-refractivity contribution in [2.75, 3.05) is 5.32 Å². The summed E-state index contributed by atoms with van der Waals surface area (Å²) >= 11 is 0. The quantitative estimate of drug-likeness (QED) is 0.288. The van der Waals surface area contributed by atoms with E-state index in [0.717, 1.165) is 0 Å². The number of ketones is 2. The number of allylic oxidation sites excluding steroid dienone is 2. The highest BCUT2D eigenvalue weighted by atomic mass is 16.6. The van der Waals surface area contributed by atoms with E-state index in [0.29, 0.717) is 5.69 Å². The molecule has 1 fully saturated rings. The number of nitro groups is 1. The Kier molecular flexibility index (Phi) is 4.82. The van der Waals surface area contributed by atoms with E-state index < -0.39 is 16.1 Å². The molecule has 1 aromatic carbocycles. The van der Waals surface area contributed by atoms with Crippen molar-refractivity contribution in [2.45, 2.75) is 26.7 Å². The van der Waals surface area contributed by atoms with E-state index in [1.807, 2.05) is 13.8 Å². The van der Waals surface area contributed by atoms with Crippen LogP contribution in [0.3, 0.4) is 0 Å². The first-order valence-corrected chi connectivity index (χ1v) is 7.37. The van der Waals surface area contributed by atoms with Crippen LogP contribution in [0.25, 0.3) is 0 Å². The highest BCUT2D eigenvalue weighted by Crippen LogP contribution is 2.34. The predicted molar refractivity (Wildman–Crippen MR) is 88.5 cm³/mol. The van der Waals surface area contributed by atoms with Gasteiger partial charge in [-0.3, -0.25) is 19.7 Å². The Morgan fingerprint density at radius 2 is 1.92 bits per heavy atom. The lowest BCUT2D eigenvalue weighted by Crippen LogP contribution is -2.32. The molecule has 0 aromatic heterocycles. The maximum atomic E-state index is 12.0. The summed E-state index contributed by atoms with van der Waals surface area (Å²) in [6.45, 7) is 3.66. The van der Waals surface area contributed by atoms with Crippen molar-refractivity contribution in [1.82, 2.24) is 0 Å². The second-order valence-electron chi connectivity index (χ2n) is 6.41. The average Bonchev–Trinajstić information content (AvgIpc) is 2.45. The van der Waals surface area contributed by atoms with Gasteiger partial charge in [-0.1, -0.05) is 19.9 Å². The molecule has 1 aliphatic carbocycles. The van der Waals surface area contributed by atoms with Gasteiger partial charge in [0.2, 0.25) is 0 Å². The minimum absolute atomic E-state index is 0.0733. The van der Waals surface area contributed by atoms with Crippen LogP contribution in [0.4, 0.5) is 11.4 Å². The van der Waals surface area contributed by atoms with E-state index >= 15 is 0 Å². The summed E-state index contributed by atoms with van der Waals surface area (Å²) < 4.78 is 0. The molecule has 24 heavy (non-hydrogen) atoms. The molecule has 0 atom stereocenters. The predicted octanol–water partition coefficient (Wildman–Crippen LogP) is 3.29. The van der Waals surface area contributed by atoms with Gasteiger partial charge < -0.3 is 10.4 Å². The van der Waals surface area contributed by atoms with Gasteiger partial charge in [-0.15, -0.1) is 0 Å². The Morgan fingerprint density at radius 3 is 2.50 bits per heavy atom. The summed E-state index contributed by atoms with van der Waals surface area (Å²) in [5.41, 5.74) is -0.217. The van der Waals surface area contributed by atoms with Gasteiger partial charge in [-0.25, -0.2) is 0 Å². The number of carbonyl (C=O) groups excluding carboxylic acids is 2. The van der Waals surface area contributed by atoms with Crippen LogP contribution in [0.2, 0.25) is 0 Å². The summed E-state index contributed by atoms with van der Waals surface area (Å²) in [5, 5.41) is 23.5. The molecule has 0 heterocycles. The van der Waals surface area contributed by atoms with Gasteiger partial charge >= 0.3 is 0 Å². The molecule has 0 radical (unpaired) electrons. The Morgan fingerprint density at radius 1 is 1.29 bits per heavy atom. The zero-order valence-electron chi connectivity index (χ0n) is 13.4. The standard InChI is InChI=1S/C17H18N2O5/c1-17(2)9-14(21)16(15(22)10-17)13(20)6-7-18-11-4-3-5-12(8-11)19(23)24/h3-8,18,20H,9-10H2,1-2H3/b7-6+. The summed E-state index contributed by atoms with van der Waals surface area (Å²) in [5.74, 6) is -1.17. The minimum Gasteiger partial charge on any atom is -0.507 e. The van der Waals surface area contributed by atoms with Crippen molar-refractivity contribution >= 4 is 22.9 Å². The molecule has 0 unspecified atom stereocenters. The van der Waals surface area contributed by atoms with Gasteiger partial charge in [0.15, 0.2) is 11.6 Å². The lowest BCUT2D eigenvalue weighted by Gasteiger charge is -2.28. The van der Waals surface area contributed by atoms with Crippen LogP contribution in [-0.4, -0.2) is 21.6 Å². The number of carbonyl (C=O) groups is 2. The molecular weight excluding hydrogens is 312 g/mol. The number of aliphatic hydroxyl groups excluding tert-OH is 1. The number of rotatable bonds is 4. The zero-order chi connectivity index (χ0) is 17.9. The molecular formula is C17H18N2O5. The second-order valence-corrected chi connectivity index (χ2v) is 6.41. The Labute approximate surface area is 138 Å². The number of nitrogens with zero attached hydrogens (tertiary/aromatic N) is 1. The number of anilines is 1. The zero-order valence-corrected chi connectivity index (χ0v) is 13.4. The van der Waals surface area contributed by atoms with Crippen LogP contribution in [-0.2, 0) is 9.59 Å². The number of nitro benzene ring substituents is 1. The summed E-state index contributed by atoms with van der Waals surface area (Å²) in [4.78, 5) is 34.3. The number of non-ortho nitro benzene ring substituents is 1. The number of aliphatic hydroxyl groups is 1. The Hall–Kier alpha value is -2.96. The monoisotopic (exact) mass is 330 g/mol. The summed E-state index contributed by atoms with van der Waals surface area (Å²) in [6, 6.07) is 5.81. The average molecular weight is 330 g/mol. The van der Waals surface area contributed by atoms with Gasteiger partial charge in [-0.2, -0.15) is 0 Å². The fourth-order valence-corrected chi connectivity index (χ4v) is 2.56. The lowest BCUT2D eigenvalue weighted by molar-refractivity contribution is -0.384. The lowest BCUT2D eigenvalue weighted by atomic mass is 9.74. The maximum Gasteiger partial charge on any atom is 0.271 e. The van der Waals surface area contributed by atoms with Crippen molar-refractivity contribution in [3.8, 4) is 0 Å². The molecule has 1 aromatic rings. The van der Waals surface area contributed by atoms with E-state index in [1.165, 1.54) is 30.5 Å². The van der Waals surface area contributed by atoms with Crippen LogP contribution in [0, 0.1) is 15.5 Å². The van der Waals surface area contributed by atoms with E-state index in [1.54, 1.807) is 6.07 Å². The number of hydrogen-bond acceptors (Lipinski definition) is 6. The molecule has 0 bridgehead atoms. The normalized spacial score (nSPS) is 17.2. The first-order chi connectivity index (χ1) is 11.2. The van der Waals surface area contributed by atoms with Gasteiger partial charge in [0.25, 0.3) is 5.69 Å². The van der Waals surface area contributed by atoms with E-state index in [4.69, 9.17) is 0 Å². The highest BCUT2D eigenvalue weighted by Gasteiger charge is 2.37. The number of Topliss-reactive ketones (excluding diaryl/α,β-unsaturated/α-hetero) is 2. The SMILES string of the molecule is CC1(C)CC(=O)C(=C(O)/C=C/Nc2cccc([N+](=O)[O-])c2)C(=O)C1. The van der Waals surface area contributed by atoms with Crippen LogP contribution in [0.1, 0.15) is 26.7 Å². The molecule has 1 saturated carbocycles. The number of benzene rings is 1. The van der Waals surface area contributed by atoms with Gasteiger partial charge in [0, 0.05) is 36.9 Å². The third-order valence-corrected chi connectivity index (χ3v) is 3.64. The molecule has 7 nitrogen and oxygen atoms in total. The van der Waals surface area contributed by atoms with Crippen LogP contribution < -0.4 is 5.32 Å². The van der Waals surface area contributed by atoms with Crippen molar-refractivity contribution in [3.63, 3.8) is 0 Å². The van der Waals surface area contributed by atoms with Crippen molar-refractivity contribution < 1.29 is 19.6 Å². The molecule has 126 valence electrons. The van der Waals surface area contributed by atoms with Gasteiger partial charge in [-0.05, 0) is 17.6 Å². The Balaban J connectivity index is 2.14. The largest absolute Gasteiger partial charge is 0.507 e. The first kappa shape index (κ1) is 17.4. The molecule has 0 amide bonds. The third-order valence-electron chi connectivity index (χ3n) is 3.64. The topological polar surface area (TPSA) is 110 Å². The van der Waals surface area contributed by atoms with Gasteiger partial charge in [0.05, 0.1) is 4.92 Å². The molecule has 7 heteroatoms. The van der Waals surface area contributed by atoms with E-state index in [2.05, 4.69) is 5.32 Å². The summed E-state index contributed by atoms with van der Waals surface area (Å²) in [7, 11) is 0. The minimum atomic E-state index is -0.518. The van der Waals surface area contributed by atoms with Gasteiger partial charge in [0.1, 0.15) is 11.3 Å². The summed E-state index contributed by atoms with van der Waals surface area (Å²) in [6.07, 6.45) is 2.92. The highest BCUT2D eigenvalue weighted by molar-refractivity contribution is 6.22. The molecule has 1 aliphatic rings. The number of hydrogen-bond donors (Lipinski definition) is 2. The Bertz CT molecular complexity index is 740. The molecule has 0 spiro atoms. The third kappa shape index (κ3) is 4.07. The van der Waals surface area contributed by atoms with Crippen molar-refractivity contribution in [2.24, 2.45) is 5.41 Å². The fourth-order valence-electron chi connectivity index (χ4n) is 2.56. The molecule has 0 saturated heterocycles. The second kappa shape index (κ2) is 6.66.